The van der Waals surface area contributed by atoms with Gasteiger partial charge in [0.25, 0.3) is 0 Å². The second-order valence-corrected chi connectivity index (χ2v) is 4.05. The maximum absolute atomic E-state index is 11.5. The second-order valence-electron chi connectivity index (χ2n) is 4.05. The van der Waals surface area contributed by atoms with Gasteiger partial charge in [0.2, 0.25) is 5.91 Å². The molecule has 1 aliphatic carbocycles. The lowest BCUT2D eigenvalue weighted by Crippen LogP contribution is -2.40. The van der Waals surface area contributed by atoms with Crippen molar-refractivity contribution < 1.29 is 4.79 Å². The van der Waals surface area contributed by atoms with Crippen LogP contribution in [0.1, 0.15) is 33.1 Å². The largest absolute Gasteiger partial charge is 0.356 e. The van der Waals surface area contributed by atoms with Crippen LogP contribution in [0.2, 0.25) is 0 Å². The van der Waals surface area contributed by atoms with Crippen molar-refractivity contribution >= 4 is 5.91 Å². The summed E-state index contributed by atoms with van der Waals surface area (Å²) in [6.07, 6.45) is 3.40. The Labute approximate surface area is 80.1 Å². The minimum absolute atomic E-state index is 0.000738. The van der Waals surface area contributed by atoms with Crippen LogP contribution in [-0.4, -0.2) is 18.5 Å². The van der Waals surface area contributed by atoms with Crippen LogP contribution in [0, 0.1) is 11.8 Å². The van der Waals surface area contributed by atoms with Gasteiger partial charge in [-0.1, -0.05) is 13.8 Å². The molecule has 0 radical (unpaired) electrons. The molecule has 0 spiro atoms. The van der Waals surface area contributed by atoms with E-state index in [1.807, 2.05) is 13.8 Å². The standard InChI is InChI=1S/C10H20N2O/c1-3-9(11)7(2)10(13)12-6-8-4-5-8/h7-9H,3-6,11H2,1-2H3,(H,12,13). The number of rotatable bonds is 5. The van der Waals surface area contributed by atoms with E-state index < -0.39 is 0 Å². The Morgan fingerprint density at radius 2 is 2.23 bits per heavy atom. The van der Waals surface area contributed by atoms with Crippen LogP contribution in [0.15, 0.2) is 0 Å². The van der Waals surface area contributed by atoms with E-state index in [1.54, 1.807) is 0 Å². The molecule has 0 aromatic heterocycles. The summed E-state index contributed by atoms with van der Waals surface area (Å²) in [5.74, 6) is 0.805. The van der Waals surface area contributed by atoms with Crippen LogP contribution in [0.5, 0.6) is 0 Å². The fraction of sp³-hybridized carbons (Fsp3) is 0.900. The molecule has 0 bridgehead atoms. The molecule has 3 N–H and O–H groups in total. The lowest BCUT2D eigenvalue weighted by atomic mass is 10.00. The third-order valence-corrected chi connectivity index (χ3v) is 2.79. The van der Waals surface area contributed by atoms with Gasteiger partial charge in [-0.15, -0.1) is 0 Å². The summed E-state index contributed by atoms with van der Waals surface area (Å²) >= 11 is 0. The molecule has 0 aromatic rings. The molecule has 1 amide bonds. The van der Waals surface area contributed by atoms with Gasteiger partial charge in [0.1, 0.15) is 0 Å². The molecule has 13 heavy (non-hydrogen) atoms. The molecule has 1 fully saturated rings. The number of hydrogen-bond acceptors (Lipinski definition) is 2. The Bertz CT molecular complexity index is 178. The summed E-state index contributed by atoms with van der Waals surface area (Å²) < 4.78 is 0. The van der Waals surface area contributed by atoms with E-state index in [-0.39, 0.29) is 17.9 Å². The van der Waals surface area contributed by atoms with Gasteiger partial charge in [-0.3, -0.25) is 4.79 Å². The zero-order valence-corrected chi connectivity index (χ0v) is 8.55. The second kappa shape index (κ2) is 4.61. The Balaban J connectivity index is 2.19. The summed E-state index contributed by atoms with van der Waals surface area (Å²) in [4.78, 5) is 11.5. The van der Waals surface area contributed by atoms with Crippen molar-refractivity contribution in [2.24, 2.45) is 17.6 Å². The SMILES string of the molecule is CCC(N)C(C)C(=O)NCC1CC1. The molecule has 0 aliphatic heterocycles. The van der Waals surface area contributed by atoms with E-state index in [9.17, 15) is 4.79 Å². The Kier molecular flexibility index (Phi) is 3.72. The molecule has 3 heteroatoms. The van der Waals surface area contributed by atoms with Crippen molar-refractivity contribution in [1.29, 1.82) is 0 Å². The third kappa shape index (κ3) is 3.35. The Hall–Kier alpha value is -0.570. The van der Waals surface area contributed by atoms with Gasteiger partial charge in [-0.2, -0.15) is 0 Å². The molecule has 76 valence electrons. The average molecular weight is 184 g/mol. The van der Waals surface area contributed by atoms with Crippen molar-refractivity contribution in [3.63, 3.8) is 0 Å². The fourth-order valence-corrected chi connectivity index (χ4v) is 1.28. The highest BCUT2D eigenvalue weighted by Gasteiger charge is 2.24. The van der Waals surface area contributed by atoms with Crippen LogP contribution < -0.4 is 11.1 Å². The molecule has 2 unspecified atom stereocenters. The van der Waals surface area contributed by atoms with Crippen molar-refractivity contribution in [3.05, 3.63) is 0 Å². The average Bonchev–Trinajstić information content (AvgIpc) is 2.95. The zero-order chi connectivity index (χ0) is 9.84. The number of amides is 1. The summed E-state index contributed by atoms with van der Waals surface area (Å²) in [6, 6.07) is -0.000738. The molecule has 3 nitrogen and oxygen atoms in total. The lowest BCUT2D eigenvalue weighted by Gasteiger charge is -2.17. The molecule has 1 saturated carbocycles. The number of carbonyl (C=O) groups is 1. The van der Waals surface area contributed by atoms with E-state index in [2.05, 4.69) is 5.32 Å². The highest BCUT2D eigenvalue weighted by atomic mass is 16.1. The van der Waals surface area contributed by atoms with E-state index >= 15 is 0 Å². The van der Waals surface area contributed by atoms with Crippen molar-refractivity contribution in [2.75, 3.05) is 6.54 Å². The van der Waals surface area contributed by atoms with Crippen LogP contribution >= 0.6 is 0 Å². The van der Waals surface area contributed by atoms with Gasteiger partial charge in [0, 0.05) is 12.6 Å². The molecular weight excluding hydrogens is 164 g/mol. The summed E-state index contributed by atoms with van der Waals surface area (Å²) in [5.41, 5.74) is 5.78. The van der Waals surface area contributed by atoms with Crippen LogP contribution in [0.25, 0.3) is 0 Å². The van der Waals surface area contributed by atoms with Gasteiger partial charge in [0.15, 0.2) is 0 Å². The molecule has 2 atom stereocenters. The van der Waals surface area contributed by atoms with E-state index in [0.29, 0.717) is 0 Å². The van der Waals surface area contributed by atoms with Crippen LogP contribution in [0.3, 0.4) is 0 Å². The predicted molar refractivity (Wildman–Crippen MR) is 53.2 cm³/mol. The zero-order valence-electron chi connectivity index (χ0n) is 8.55. The smallest absolute Gasteiger partial charge is 0.224 e. The molecule has 0 heterocycles. The van der Waals surface area contributed by atoms with Crippen LogP contribution in [0.4, 0.5) is 0 Å². The first-order valence-electron chi connectivity index (χ1n) is 5.18. The summed E-state index contributed by atoms with van der Waals surface area (Å²) in [7, 11) is 0. The van der Waals surface area contributed by atoms with Gasteiger partial charge < -0.3 is 11.1 Å². The molecule has 1 aliphatic rings. The maximum Gasteiger partial charge on any atom is 0.224 e. The van der Waals surface area contributed by atoms with Gasteiger partial charge >= 0.3 is 0 Å². The molecule has 1 rings (SSSR count). The number of nitrogens with one attached hydrogen (secondary N) is 1. The first kappa shape index (κ1) is 10.5. The quantitative estimate of drug-likeness (QED) is 0.666. The minimum Gasteiger partial charge on any atom is -0.356 e. The predicted octanol–water partition coefficient (Wildman–Crippen LogP) is 0.886. The first-order chi connectivity index (χ1) is 6.15. The van der Waals surface area contributed by atoms with Gasteiger partial charge in [-0.25, -0.2) is 0 Å². The monoisotopic (exact) mass is 184 g/mol. The first-order valence-corrected chi connectivity index (χ1v) is 5.18. The fourth-order valence-electron chi connectivity index (χ4n) is 1.28. The normalized spacial score (nSPS) is 20.8. The summed E-state index contributed by atoms with van der Waals surface area (Å²) in [5, 5.41) is 2.94. The topological polar surface area (TPSA) is 55.1 Å². The van der Waals surface area contributed by atoms with E-state index in [4.69, 9.17) is 5.73 Å². The third-order valence-electron chi connectivity index (χ3n) is 2.79. The molecule has 0 saturated heterocycles. The number of hydrogen-bond donors (Lipinski definition) is 2. The highest BCUT2D eigenvalue weighted by Crippen LogP contribution is 2.27. The Morgan fingerprint density at radius 3 is 2.69 bits per heavy atom. The van der Waals surface area contributed by atoms with Crippen molar-refractivity contribution in [1.82, 2.24) is 5.32 Å². The number of nitrogens with two attached hydrogens (primary N) is 1. The van der Waals surface area contributed by atoms with Crippen LogP contribution in [-0.2, 0) is 4.79 Å². The maximum atomic E-state index is 11.5. The lowest BCUT2D eigenvalue weighted by molar-refractivity contribution is -0.125. The number of carbonyl (C=O) groups excluding carboxylic acids is 1. The van der Waals surface area contributed by atoms with Gasteiger partial charge in [0.05, 0.1) is 5.92 Å². The van der Waals surface area contributed by atoms with Crippen molar-refractivity contribution in [2.45, 2.75) is 39.2 Å². The highest BCUT2D eigenvalue weighted by molar-refractivity contribution is 5.78. The van der Waals surface area contributed by atoms with Crippen molar-refractivity contribution in [3.8, 4) is 0 Å². The Morgan fingerprint density at radius 1 is 1.62 bits per heavy atom. The molecular formula is C10H20N2O. The minimum atomic E-state index is -0.0521. The molecule has 0 aromatic carbocycles. The van der Waals surface area contributed by atoms with E-state index in [0.717, 1.165) is 18.9 Å². The summed E-state index contributed by atoms with van der Waals surface area (Å²) in [6.45, 7) is 4.76. The van der Waals surface area contributed by atoms with E-state index in [1.165, 1.54) is 12.8 Å². The van der Waals surface area contributed by atoms with Gasteiger partial charge in [-0.05, 0) is 25.2 Å².